The van der Waals surface area contributed by atoms with Crippen molar-refractivity contribution in [2.45, 2.75) is 32.9 Å². The smallest absolute Gasteiger partial charge is 0.252 e. The normalized spacial score (nSPS) is 11.7. The number of H-pyrrole nitrogens is 1. The molecule has 0 saturated heterocycles. The number of nitrogens with one attached hydrogen (secondary N) is 1. The standard InChI is InChI=1S/C13H18N4O2S/c1-8-14-10(5-11(18)15-8)17(4)6-9-7-20-12(16-9)13(2,3)19/h5,7,19H,6H2,1-4H3,(H,14,15,18). The average molecular weight is 294 g/mol. The van der Waals surface area contributed by atoms with E-state index in [1.165, 1.54) is 17.4 Å². The highest BCUT2D eigenvalue weighted by atomic mass is 32.1. The zero-order valence-electron chi connectivity index (χ0n) is 12.0. The first-order chi connectivity index (χ1) is 9.25. The minimum absolute atomic E-state index is 0.171. The van der Waals surface area contributed by atoms with Crippen LogP contribution < -0.4 is 10.5 Å². The first-order valence-electron chi connectivity index (χ1n) is 6.22. The molecular weight excluding hydrogens is 276 g/mol. The molecule has 108 valence electrons. The summed E-state index contributed by atoms with van der Waals surface area (Å²) in [4.78, 5) is 24.6. The Morgan fingerprint density at radius 1 is 1.45 bits per heavy atom. The molecule has 0 saturated carbocycles. The SMILES string of the molecule is Cc1nc(N(C)Cc2csc(C(C)(C)O)n2)cc(=O)[nH]1. The maximum absolute atomic E-state index is 11.4. The lowest BCUT2D eigenvalue weighted by Gasteiger charge is -2.17. The molecule has 0 aliphatic carbocycles. The molecule has 0 amide bonds. The lowest BCUT2D eigenvalue weighted by atomic mass is 10.1. The van der Waals surface area contributed by atoms with Gasteiger partial charge in [0.1, 0.15) is 22.3 Å². The number of aliphatic hydroxyl groups is 1. The first-order valence-corrected chi connectivity index (χ1v) is 7.10. The van der Waals surface area contributed by atoms with Gasteiger partial charge in [-0.15, -0.1) is 11.3 Å². The van der Waals surface area contributed by atoms with E-state index in [9.17, 15) is 9.90 Å². The third-order valence-corrected chi connectivity index (χ3v) is 3.92. The van der Waals surface area contributed by atoms with Crippen molar-refractivity contribution in [2.75, 3.05) is 11.9 Å². The van der Waals surface area contributed by atoms with E-state index in [1.54, 1.807) is 20.8 Å². The number of aromatic amines is 1. The Morgan fingerprint density at radius 2 is 2.15 bits per heavy atom. The van der Waals surface area contributed by atoms with E-state index in [2.05, 4.69) is 15.0 Å². The van der Waals surface area contributed by atoms with Crippen LogP contribution in [0.2, 0.25) is 0 Å². The molecule has 0 aromatic carbocycles. The van der Waals surface area contributed by atoms with Crippen molar-refractivity contribution in [3.8, 4) is 0 Å². The zero-order valence-corrected chi connectivity index (χ0v) is 12.8. The van der Waals surface area contributed by atoms with Crippen LogP contribution in [0.4, 0.5) is 5.82 Å². The lowest BCUT2D eigenvalue weighted by Crippen LogP contribution is -2.22. The summed E-state index contributed by atoms with van der Waals surface area (Å²) in [5, 5.41) is 12.5. The first kappa shape index (κ1) is 14.7. The molecular formula is C13H18N4O2S. The topological polar surface area (TPSA) is 82.1 Å². The molecule has 2 aromatic rings. The van der Waals surface area contributed by atoms with Crippen molar-refractivity contribution in [2.24, 2.45) is 0 Å². The predicted molar refractivity (Wildman–Crippen MR) is 79.1 cm³/mol. The molecule has 20 heavy (non-hydrogen) atoms. The zero-order chi connectivity index (χ0) is 14.9. The van der Waals surface area contributed by atoms with Gasteiger partial charge in [-0.2, -0.15) is 0 Å². The minimum atomic E-state index is -0.930. The summed E-state index contributed by atoms with van der Waals surface area (Å²) in [5.41, 5.74) is -0.260. The van der Waals surface area contributed by atoms with Crippen molar-refractivity contribution in [1.29, 1.82) is 0 Å². The van der Waals surface area contributed by atoms with Gasteiger partial charge in [0.25, 0.3) is 5.56 Å². The highest BCUT2D eigenvalue weighted by molar-refractivity contribution is 7.09. The maximum atomic E-state index is 11.4. The van der Waals surface area contributed by atoms with Gasteiger partial charge in [-0.1, -0.05) is 0 Å². The van der Waals surface area contributed by atoms with Gasteiger partial charge in [-0.3, -0.25) is 4.79 Å². The third-order valence-electron chi connectivity index (χ3n) is 2.71. The van der Waals surface area contributed by atoms with Gasteiger partial charge in [-0.25, -0.2) is 9.97 Å². The Hall–Kier alpha value is -1.73. The van der Waals surface area contributed by atoms with Crippen molar-refractivity contribution >= 4 is 17.2 Å². The van der Waals surface area contributed by atoms with Crippen molar-refractivity contribution in [3.05, 3.63) is 38.3 Å². The second-order valence-corrected chi connectivity index (χ2v) is 6.11. The van der Waals surface area contributed by atoms with Crippen molar-refractivity contribution in [3.63, 3.8) is 0 Å². The lowest BCUT2D eigenvalue weighted by molar-refractivity contribution is 0.0781. The summed E-state index contributed by atoms with van der Waals surface area (Å²) >= 11 is 1.42. The van der Waals surface area contributed by atoms with E-state index in [0.717, 1.165) is 5.69 Å². The van der Waals surface area contributed by atoms with Gasteiger partial charge in [0.15, 0.2) is 0 Å². The summed E-state index contributed by atoms with van der Waals surface area (Å²) in [6.45, 7) is 5.69. The summed E-state index contributed by atoms with van der Waals surface area (Å²) in [7, 11) is 1.85. The summed E-state index contributed by atoms with van der Waals surface area (Å²) < 4.78 is 0. The molecule has 2 rings (SSSR count). The van der Waals surface area contributed by atoms with Gasteiger partial charge in [0.05, 0.1) is 12.2 Å². The highest BCUT2D eigenvalue weighted by Crippen LogP contribution is 2.24. The van der Waals surface area contributed by atoms with Crippen LogP contribution in [0.5, 0.6) is 0 Å². The largest absolute Gasteiger partial charge is 0.383 e. The van der Waals surface area contributed by atoms with Crippen LogP contribution >= 0.6 is 11.3 Å². The fourth-order valence-electron chi connectivity index (χ4n) is 1.74. The molecule has 6 nitrogen and oxygen atoms in total. The summed E-state index contributed by atoms with van der Waals surface area (Å²) in [6, 6.07) is 1.45. The Morgan fingerprint density at radius 3 is 2.70 bits per heavy atom. The van der Waals surface area contributed by atoms with Crippen molar-refractivity contribution in [1.82, 2.24) is 15.0 Å². The molecule has 2 heterocycles. The number of hydrogen-bond donors (Lipinski definition) is 2. The van der Waals surface area contributed by atoms with Gasteiger partial charge in [0, 0.05) is 18.5 Å². The highest BCUT2D eigenvalue weighted by Gasteiger charge is 2.20. The van der Waals surface area contributed by atoms with Gasteiger partial charge in [-0.05, 0) is 20.8 Å². The second kappa shape index (κ2) is 5.34. The van der Waals surface area contributed by atoms with E-state index < -0.39 is 5.60 Å². The predicted octanol–water partition coefficient (Wildman–Crippen LogP) is 1.40. The molecule has 0 aliphatic rings. The third kappa shape index (κ3) is 3.43. The van der Waals surface area contributed by atoms with Crippen LogP contribution in [-0.4, -0.2) is 27.1 Å². The molecule has 2 aromatic heterocycles. The molecule has 0 unspecified atom stereocenters. The molecule has 0 radical (unpaired) electrons. The molecule has 0 fully saturated rings. The van der Waals surface area contributed by atoms with E-state index >= 15 is 0 Å². The molecule has 0 atom stereocenters. The maximum Gasteiger partial charge on any atom is 0.252 e. The Bertz CT molecular complexity index is 657. The van der Waals surface area contributed by atoms with Gasteiger partial charge in [0.2, 0.25) is 0 Å². The van der Waals surface area contributed by atoms with Crippen LogP contribution in [0.1, 0.15) is 30.4 Å². The molecule has 0 aliphatic heterocycles. The van der Waals surface area contributed by atoms with E-state index in [1.807, 2.05) is 17.3 Å². The monoisotopic (exact) mass is 294 g/mol. The molecule has 0 spiro atoms. The van der Waals surface area contributed by atoms with Crippen LogP contribution in [0.3, 0.4) is 0 Å². The Kier molecular flexibility index (Phi) is 3.92. The van der Waals surface area contributed by atoms with Crippen LogP contribution in [0.15, 0.2) is 16.2 Å². The van der Waals surface area contributed by atoms with Crippen LogP contribution in [0.25, 0.3) is 0 Å². The Labute approximate surface area is 121 Å². The average Bonchev–Trinajstić information content (AvgIpc) is 2.75. The number of aryl methyl sites for hydroxylation is 1. The number of anilines is 1. The Balaban J connectivity index is 2.17. The fourth-order valence-corrected chi connectivity index (χ4v) is 2.58. The second-order valence-electron chi connectivity index (χ2n) is 5.25. The van der Waals surface area contributed by atoms with E-state index in [4.69, 9.17) is 0 Å². The van der Waals surface area contributed by atoms with Crippen LogP contribution in [-0.2, 0) is 12.1 Å². The minimum Gasteiger partial charge on any atom is -0.383 e. The van der Waals surface area contributed by atoms with E-state index in [-0.39, 0.29) is 5.56 Å². The van der Waals surface area contributed by atoms with Crippen LogP contribution in [0, 0.1) is 6.92 Å². The molecule has 2 N–H and O–H groups in total. The number of aromatic nitrogens is 3. The number of hydrogen-bond acceptors (Lipinski definition) is 6. The van der Waals surface area contributed by atoms with Gasteiger partial charge >= 0.3 is 0 Å². The molecule has 0 bridgehead atoms. The summed E-state index contributed by atoms with van der Waals surface area (Å²) in [6.07, 6.45) is 0. The fraction of sp³-hybridized carbons (Fsp3) is 0.462. The number of rotatable bonds is 4. The van der Waals surface area contributed by atoms with Crippen molar-refractivity contribution < 1.29 is 5.11 Å². The summed E-state index contributed by atoms with van der Waals surface area (Å²) in [5.74, 6) is 1.18. The number of thiazole rings is 1. The quantitative estimate of drug-likeness (QED) is 0.890. The van der Waals surface area contributed by atoms with Gasteiger partial charge < -0.3 is 15.0 Å². The molecule has 7 heteroatoms. The van der Waals surface area contributed by atoms with E-state index in [0.29, 0.717) is 23.2 Å². The number of nitrogens with zero attached hydrogens (tertiary/aromatic N) is 3.